The number of hydrogen-bond acceptors (Lipinski definition) is 3. The average Bonchev–Trinajstić information content (AvgIpc) is 2.27. The van der Waals surface area contributed by atoms with Crippen molar-refractivity contribution < 1.29 is 9.50 Å². The first kappa shape index (κ1) is 11.7. The number of benzene rings is 1. The third kappa shape index (κ3) is 2.68. The van der Waals surface area contributed by atoms with Gasteiger partial charge in [-0.3, -0.25) is 0 Å². The molecule has 0 amide bonds. The van der Waals surface area contributed by atoms with Crippen molar-refractivity contribution in [2.45, 2.75) is 41.9 Å². The van der Waals surface area contributed by atoms with Crippen LogP contribution in [0.25, 0.3) is 0 Å². The molecule has 1 aliphatic rings. The van der Waals surface area contributed by atoms with Gasteiger partial charge in [-0.15, -0.1) is 11.8 Å². The van der Waals surface area contributed by atoms with Crippen LogP contribution in [0, 0.1) is 5.82 Å². The first-order chi connectivity index (χ1) is 7.66. The summed E-state index contributed by atoms with van der Waals surface area (Å²) in [7, 11) is 0. The second kappa shape index (κ2) is 5.06. The Balaban J connectivity index is 2.05. The smallest absolute Gasteiger partial charge is 0.147 e. The molecule has 3 N–H and O–H groups in total. The molecule has 88 valence electrons. The molecule has 0 aliphatic heterocycles. The minimum Gasteiger partial charge on any atom is -0.396 e. The molecule has 2 unspecified atom stereocenters. The van der Waals surface area contributed by atoms with E-state index in [9.17, 15) is 9.50 Å². The molecule has 0 spiro atoms. The molecule has 0 radical (unpaired) electrons. The molecule has 1 saturated carbocycles. The Hall–Kier alpha value is -0.740. The van der Waals surface area contributed by atoms with Gasteiger partial charge in [-0.1, -0.05) is 12.8 Å². The summed E-state index contributed by atoms with van der Waals surface area (Å²) in [5, 5.41) is 10.0. The highest BCUT2D eigenvalue weighted by molar-refractivity contribution is 8.00. The van der Waals surface area contributed by atoms with Gasteiger partial charge in [0.05, 0.1) is 11.8 Å². The van der Waals surface area contributed by atoms with Gasteiger partial charge < -0.3 is 10.8 Å². The highest BCUT2D eigenvalue weighted by Gasteiger charge is 2.23. The lowest BCUT2D eigenvalue weighted by atomic mass is 9.97. The molecule has 16 heavy (non-hydrogen) atoms. The second-order valence-electron chi connectivity index (χ2n) is 4.19. The first-order valence-electron chi connectivity index (χ1n) is 5.56. The van der Waals surface area contributed by atoms with Crippen molar-refractivity contribution in [3.63, 3.8) is 0 Å². The zero-order valence-corrected chi connectivity index (χ0v) is 9.84. The van der Waals surface area contributed by atoms with Crippen LogP contribution in [0.2, 0.25) is 0 Å². The molecule has 0 heterocycles. The van der Waals surface area contributed by atoms with Gasteiger partial charge in [0.25, 0.3) is 0 Å². The predicted molar refractivity (Wildman–Crippen MR) is 64.9 cm³/mol. The van der Waals surface area contributed by atoms with Crippen molar-refractivity contribution in [2.75, 3.05) is 5.73 Å². The topological polar surface area (TPSA) is 46.2 Å². The number of thioether (sulfide) groups is 1. The number of nitrogens with two attached hydrogens (primary N) is 1. The average molecular weight is 241 g/mol. The zero-order valence-electron chi connectivity index (χ0n) is 9.03. The molecule has 2 rings (SSSR count). The van der Waals surface area contributed by atoms with Gasteiger partial charge in [-0.2, -0.15) is 0 Å². The number of rotatable bonds is 2. The van der Waals surface area contributed by atoms with E-state index in [-0.39, 0.29) is 22.9 Å². The summed E-state index contributed by atoms with van der Waals surface area (Å²) in [6.07, 6.45) is 3.83. The van der Waals surface area contributed by atoms with E-state index < -0.39 is 0 Å². The van der Waals surface area contributed by atoms with Crippen LogP contribution in [0.15, 0.2) is 23.1 Å². The van der Waals surface area contributed by atoms with E-state index in [0.29, 0.717) is 0 Å². The van der Waals surface area contributed by atoms with Crippen LogP contribution in [0.1, 0.15) is 25.7 Å². The third-order valence-corrected chi connectivity index (χ3v) is 4.31. The molecule has 2 nitrogen and oxygen atoms in total. The molecule has 1 aromatic rings. The number of aliphatic hydroxyl groups is 1. The summed E-state index contributed by atoms with van der Waals surface area (Å²) < 4.78 is 13.2. The van der Waals surface area contributed by atoms with E-state index in [0.717, 1.165) is 30.6 Å². The van der Waals surface area contributed by atoms with E-state index in [1.165, 1.54) is 6.07 Å². The zero-order chi connectivity index (χ0) is 11.5. The van der Waals surface area contributed by atoms with Crippen molar-refractivity contribution >= 4 is 17.4 Å². The Kier molecular flexibility index (Phi) is 3.71. The lowest BCUT2D eigenvalue weighted by Crippen LogP contribution is -2.26. The number of nitrogen functional groups attached to an aromatic ring is 1. The Morgan fingerprint density at radius 1 is 1.31 bits per heavy atom. The van der Waals surface area contributed by atoms with Crippen LogP contribution in [0.3, 0.4) is 0 Å². The van der Waals surface area contributed by atoms with Crippen LogP contribution in [0.4, 0.5) is 10.1 Å². The SMILES string of the molecule is Nc1ccc(SC2CCCCC2O)cc1F. The van der Waals surface area contributed by atoms with Crippen LogP contribution < -0.4 is 5.73 Å². The molecule has 0 saturated heterocycles. The fourth-order valence-electron chi connectivity index (χ4n) is 1.97. The summed E-state index contributed by atoms with van der Waals surface area (Å²) >= 11 is 1.55. The highest BCUT2D eigenvalue weighted by Crippen LogP contribution is 2.34. The fourth-order valence-corrected chi connectivity index (χ4v) is 3.22. The van der Waals surface area contributed by atoms with Gasteiger partial charge >= 0.3 is 0 Å². The van der Waals surface area contributed by atoms with E-state index in [1.807, 2.05) is 6.07 Å². The van der Waals surface area contributed by atoms with E-state index in [2.05, 4.69) is 0 Å². The normalized spacial score (nSPS) is 25.6. The number of hydrogen-bond donors (Lipinski definition) is 2. The molecule has 1 aliphatic carbocycles. The molecule has 0 aromatic heterocycles. The molecule has 1 aromatic carbocycles. The Morgan fingerprint density at radius 2 is 2.06 bits per heavy atom. The van der Waals surface area contributed by atoms with Gasteiger partial charge in [-0.05, 0) is 31.0 Å². The lowest BCUT2D eigenvalue weighted by molar-refractivity contribution is 0.137. The van der Waals surface area contributed by atoms with Gasteiger partial charge in [0.2, 0.25) is 0 Å². The third-order valence-electron chi connectivity index (χ3n) is 2.93. The summed E-state index contributed by atoms with van der Waals surface area (Å²) in [5.74, 6) is -0.379. The maximum Gasteiger partial charge on any atom is 0.147 e. The van der Waals surface area contributed by atoms with Crippen LogP contribution >= 0.6 is 11.8 Å². The summed E-state index contributed by atoms with van der Waals surface area (Å²) in [5.41, 5.74) is 5.59. The maximum absolute atomic E-state index is 13.2. The van der Waals surface area contributed by atoms with Crippen molar-refractivity contribution in [1.82, 2.24) is 0 Å². The van der Waals surface area contributed by atoms with Crippen molar-refractivity contribution in [3.05, 3.63) is 24.0 Å². The molecule has 2 atom stereocenters. The second-order valence-corrected chi connectivity index (χ2v) is 5.50. The van der Waals surface area contributed by atoms with Crippen LogP contribution in [-0.2, 0) is 0 Å². The fraction of sp³-hybridized carbons (Fsp3) is 0.500. The molecular formula is C12H16FNOS. The predicted octanol–water partition coefficient (Wildman–Crippen LogP) is 2.80. The standard InChI is InChI=1S/C12H16FNOS/c13-9-7-8(5-6-10(9)14)16-12-4-2-1-3-11(12)15/h5-7,11-12,15H,1-4,14H2. The number of halogens is 1. The summed E-state index contributed by atoms with van der Waals surface area (Å²) in [4.78, 5) is 0.845. The molecule has 4 heteroatoms. The molecule has 0 bridgehead atoms. The van der Waals surface area contributed by atoms with E-state index in [1.54, 1.807) is 17.8 Å². The number of aliphatic hydroxyl groups excluding tert-OH is 1. The summed E-state index contributed by atoms with van der Waals surface area (Å²) in [6.45, 7) is 0. The van der Waals surface area contributed by atoms with Crippen molar-refractivity contribution in [2.24, 2.45) is 0 Å². The van der Waals surface area contributed by atoms with E-state index in [4.69, 9.17) is 5.73 Å². The minimum absolute atomic E-state index is 0.175. The van der Waals surface area contributed by atoms with E-state index >= 15 is 0 Å². The molecular weight excluding hydrogens is 225 g/mol. The monoisotopic (exact) mass is 241 g/mol. The largest absolute Gasteiger partial charge is 0.396 e. The minimum atomic E-state index is -0.379. The van der Waals surface area contributed by atoms with Crippen molar-refractivity contribution in [3.8, 4) is 0 Å². The Morgan fingerprint density at radius 3 is 2.75 bits per heavy atom. The quantitative estimate of drug-likeness (QED) is 0.783. The van der Waals surface area contributed by atoms with Crippen LogP contribution in [0.5, 0.6) is 0 Å². The Labute approximate surface area is 99.0 Å². The maximum atomic E-state index is 13.2. The van der Waals surface area contributed by atoms with Gasteiger partial charge in [0.15, 0.2) is 0 Å². The molecule has 1 fully saturated rings. The van der Waals surface area contributed by atoms with Gasteiger partial charge in [-0.25, -0.2) is 4.39 Å². The van der Waals surface area contributed by atoms with Gasteiger partial charge in [0.1, 0.15) is 5.82 Å². The highest BCUT2D eigenvalue weighted by atomic mass is 32.2. The lowest BCUT2D eigenvalue weighted by Gasteiger charge is -2.26. The van der Waals surface area contributed by atoms with Crippen LogP contribution in [-0.4, -0.2) is 16.5 Å². The Bertz CT molecular complexity index is 372. The first-order valence-corrected chi connectivity index (χ1v) is 6.44. The number of anilines is 1. The summed E-state index contributed by atoms with van der Waals surface area (Å²) in [6, 6.07) is 4.83. The van der Waals surface area contributed by atoms with Crippen molar-refractivity contribution in [1.29, 1.82) is 0 Å². The van der Waals surface area contributed by atoms with Gasteiger partial charge in [0, 0.05) is 10.1 Å².